The molecule has 0 aromatic carbocycles. The molecule has 0 aliphatic carbocycles. The van der Waals surface area contributed by atoms with E-state index in [1.54, 1.807) is 10.8 Å². The maximum atomic E-state index is 12.1. The molecule has 4 aromatic rings. The highest BCUT2D eigenvalue weighted by atomic mass is 16.2. The Kier molecular flexibility index (Phi) is 4.76. The van der Waals surface area contributed by atoms with Crippen molar-refractivity contribution in [2.45, 2.75) is 25.8 Å². The highest BCUT2D eigenvalue weighted by Gasteiger charge is 2.42. The van der Waals surface area contributed by atoms with E-state index in [-0.39, 0.29) is 12.7 Å². The van der Waals surface area contributed by atoms with E-state index < -0.39 is 0 Å². The third-order valence-electron chi connectivity index (χ3n) is 7.24. The topological polar surface area (TPSA) is 82.4 Å². The van der Waals surface area contributed by atoms with Crippen LogP contribution in [0.1, 0.15) is 26.4 Å². The zero-order valence-electron chi connectivity index (χ0n) is 18.6. The van der Waals surface area contributed by atoms with E-state index >= 15 is 0 Å². The number of nitrogens with zero attached hydrogens (tertiary/aromatic N) is 6. The smallest absolute Gasteiger partial charge is 0.245 e. The summed E-state index contributed by atoms with van der Waals surface area (Å²) in [6.45, 7) is 8.28. The first kappa shape index (κ1) is 20.1. The molecule has 6 rings (SSSR count). The van der Waals surface area contributed by atoms with E-state index in [0.717, 1.165) is 78.9 Å². The van der Waals surface area contributed by atoms with Gasteiger partial charge in [0.1, 0.15) is 5.65 Å². The van der Waals surface area contributed by atoms with Crippen LogP contribution in [0.25, 0.3) is 27.7 Å². The van der Waals surface area contributed by atoms with Crippen molar-refractivity contribution in [1.29, 1.82) is 0 Å². The maximum Gasteiger partial charge on any atom is 0.245 e. The number of H-pyrrole nitrogens is 1. The molecule has 6 heterocycles. The van der Waals surface area contributed by atoms with Crippen LogP contribution in [0.4, 0.5) is 0 Å². The fourth-order valence-corrected chi connectivity index (χ4v) is 5.71. The van der Waals surface area contributed by atoms with Gasteiger partial charge < -0.3 is 9.88 Å². The molecule has 33 heavy (non-hydrogen) atoms. The number of hydrogen-bond acceptors (Lipinski definition) is 5. The summed E-state index contributed by atoms with van der Waals surface area (Å²) in [4.78, 5) is 24.7. The van der Waals surface area contributed by atoms with Gasteiger partial charge in [-0.1, -0.05) is 6.58 Å². The number of hydrogen-bond donors (Lipinski definition) is 1. The van der Waals surface area contributed by atoms with Crippen molar-refractivity contribution in [1.82, 2.24) is 34.6 Å². The van der Waals surface area contributed by atoms with Crippen molar-refractivity contribution in [3.8, 4) is 11.1 Å². The highest BCUT2D eigenvalue weighted by molar-refractivity contribution is 5.97. The molecule has 8 heteroatoms. The molecule has 1 spiro atoms. The fourth-order valence-electron chi connectivity index (χ4n) is 5.71. The van der Waals surface area contributed by atoms with Gasteiger partial charge >= 0.3 is 0 Å². The van der Waals surface area contributed by atoms with Crippen LogP contribution < -0.4 is 0 Å². The van der Waals surface area contributed by atoms with Crippen LogP contribution in [0.15, 0.2) is 55.5 Å². The van der Waals surface area contributed by atoms with E-state index in [2.05, 4.69) is 37.7 Å². The molecular formula is C25H29N7O. The molecule has 8 nitrogen and oxygen atoms in total. The molecule has 1 amide bonds. The van der Waals surface area contributed by atoms with Gasteiger partial charge in [-0.25, -0.2) is 4.98 Å². The number of nitrogens with one attached hydrogen (secondary N) is 1. The third-order valence-corrected chi connectivity index (χ3v) is 7.24. The van der Waals surface area contributed by atoms with E-state index in [0.29, 0.717) is 0 Å². The summed E-state index contributed by atoms with van der Waals surface area (Å²) >= 11 is 0. The predicted molar refractivity (Wildman–Crippen MR) is 129 cm³/mol. The molecule has 2 aliphatic heterocycles. The Labute approximate surface area is 193 Å². The quantitative estimate of drug-likeness (QED) is 0.488. The van der Waals surface area contributed by atoms with Crippen molar-refractivity contribution >= 4 is 22.5 Å². The van der Waals surface area contributed by atoms with Crippen LogP contribution in [0.3, 0.4) is 0 Å². The summed E-state index contributed by atoms with van der Waals surface area (Å²) in [6.07, 6.45) is 10.3. The number of aromatic nitrogens is 5. The Bertz CT molecular complexity index is 1360. The van der Waals surface area contributed by atoms with Gasteiger partial charge in [-0.05, 0) is 61.7 Å². The largest absolute Gasteiger partial charge is 0.342 e. The van der Waals surface area contributed by atoms with Crippen molar-refractivity contribution < 1.29 is 6.22 Å². The first-order valence-corrected chi connectivity index (χ1v) is 11.5. The van der Waals surface area contributed by atoms with Crippen molar-refractivity contribution in [3.63, 3.8) is 0 Å². The van der Waals surface area contributed by atoms with Crippen LogP contribution in [-0.4, -0.2) is 66.7 Å². The standard InChI is InChI=1S/C25H27N7O.H2/c1-2-23(33)31-12-8-25(17-31)7-4-11-30(16-25)15-18-13-20-19(6-10-26-24(20)29-18)21-14-28-32-22(21)5-3-9-27-32;/h2-3,5-6,9-10,13-14H,1,4,7-8,11-12,15-17H2,(H,26,29);1H. The second kappa shape index (κ2) is 7.81. The Hall–Kier alpha value is -3.52. The molecular weight excluding hydrogens is 414 g/mol. The maximum absolute atomic E-state index is 12.1. The Morgan fingerprint density at radius 2 is 2.12 bits per heavy atom. The van der Waals surface area contributed by atoms with Gasteiger partial charge in [0.2, 0.25) is 5.91 Å². The lowest BCUT2D eigenvalue weighted by Crippen LogP contribution is -2.44. The zero-order valence-corrected chi connectivity index (χ0v) is 18.6. The van der Waals surface area contributed by atoms with Crippen LogP contribution in [0.5, 0.6) is 0 Å². The van der Waals surface area contributed by atoms with Crippen LogP contribution >= 0.6 is 0 Å². The van der Waals surface area contributed by atoms with Gasteiger partial charge in [0.15, 0.2) is 0 Å². The van der Waals surface area contributed by atoms with Crippen LogP contribution in [0.2, 0.25) is 0 Å². The van der Waals surface area contributed by atoms with Gasteiger partial charge in [0, 0.05) is 62.1 Å². The second-order valence-corrected chi connectivity index (χ2v) is 9.40. The number of fused-ring (bicyclic) bond motifs is 2. The average Bonchev–Trinajstić information content (AvgIpc) is 3.55. The van der Waals surface area contributed by atoms with Crippen molar-refractivity contribution in [2.75, 3.05) is 26.2 Å². The molecule has 1 atom stereocenters. The third kappa shape index (κ3) is 3.51. The molecule has 4 aromatic heterocycles. The molecule has 1 unspecified atom stereocenters. The minimum absolute atomic E-state index is 0. The average molecular weight is 444 g/mol. The summed E-state index contributed by atoms with van der Waals surface area (Å²) in [5.74, 6) is 0.0566. The molecule has 170 valence electrons. The second-order valence-electron chi connectivity index (χ2n) is 9.40. The summed E-state index contributed by atoms with van der Waals surface area (Å²) in [5.41, 5.74) is 5.39. The van der Waals surface area contributed by atoms with Crippen LogP contribution in [-0.2, 0) is 11.3 Å². The summed E-state index contributed by atoms with van der Waals surface area (Å²) in [6, 6.07) is 8.23. The van der Waals surface area contributed by atoms with Crippen molar-refractivity contribution in [2.24, 2.45) is 5.41 Å². The number of amides is 1. The van der Waals surface area contributed by atoms with E-state index in [1.807, 2.05) is 35.5 Å². The number of carbonyl (C=O) groups is 1. The normalized spacial score (nSPS) is 21.4. The first-order chi connectivity index (χ1) is 16.1. The minimum Gasteiger partial charge on any atom is -0.342 e. The van der Waals surface area contributed by atoms with Gasteiger partial charge in [0.05, 0.1) is 11.7 Å². The molecule has 0 radical (unpaired) electrons. The van der Waals surface area contributed by atoms with Gasteiger partial charge in [0.25, 0.3) is 0 Å². The van der Waals surface area contributed by atoms with E-state index in [4.69, 9.17) is 0 Å². The first-order valence-electron chi connectivity index (χ1n) is 11.5. The van der Waals surface area contributed by atoms with E-state index in [9.17, 15) is 4.79 Å². The molecule has 2 fully saturated rings. The molecule has 2 saturated heterocycles. The van der Waals surface area contributed by atoms with Gasteiger partial charge in [-0.2, -0.15) is 14.8 Å². The Morgan fingerprint density at radius 3 is 3.03 bits per heavy atom. The fraction of sp³-hybridized carbons (Fsp3) is 0.360. The predicted octanol–water partition coefficient (Wildman–Crippen LogP) is 3.52. The summed E-state index contributed by atoms with van der Waals surface area (Å²) in [7, 11) is 0. The number of piperidine rings is 1. The monoisotopic (exact) mass is 443 g/mol. The van der Waals surface area contributed by atoms with Crippen LogP contribution in [0, 0.1) is 5.41 Å². The Balaban J connectivity index is 0.00000241. The number of rotatable bonds is 4. The Morgan fingerprint density at radius 1 is 1.18 bits per heavy atom. The van der Waals surface area contributed by atoms with Gasteiger partial charge in [-0.3, -0.25) is 9.69 Å². The zero-order chi connectivity index (χ0) is 22.4. The minimum atomic E-state index is 0. The number of pyridine rings is 1. The van der Waals surface area contributed by atoms with E-state index in [1.165, 1.54) is 12.5 Å². The summed E-state index contributed by atoms with van der Waals surface area (Å²) < 4.78 is 1.66. The molecule has 0 saturated carbocycles. The lowest BCUT2D eigenvalue weighted by atomic mass is 9.79. The number of carbonyl (C=O) groups excluding carboxylic acids is 1. The number of likely N-dealkylation sites (tertiary alicyclic amines) is 2. The lowest BCUT2D eigenvalue weighted by molar-refractivity contribution is -0.125. The molecule has 1 N–H and O–H groups in total. The lowest BCUT2D eigenvalue weighted by Gasteiger charge is -2.40. The SMILES string of the molecule is C=CC(=O)N1CCC2(CCCN(Cc3cc4c(-c5cnn6ncccc56)ccnc4[nH]3)C2)C1.[HH]. The molecule has 2 aliphatic rings. The highest BCUT2D eigenvalue weighted by Crippen LogP contribution is 2.39. The number of aromatic amines is 1. The van der Waals surface area contributed by atoms with Gasteiger partial charge in [-0.15, -0.1) is 0 Å². The molecule has 0 bridgehead atoms. The summed E-state index contributed by atoms with van der Waals surface area (Å²) in [5, 5.41) is 9.79. The van der Waals surface area contributed by atoms with Crippen molar-refractivity contribution in [3.05, 3.63) is 61.2 Å².